The minimum absolute atomic E-state index is 0.723. The third-order valence-electron chi connectivity index (χ3n) is 1.69. The number of hydrogen-bond acceptors (Lipinski definition) is 0. The van der Waals surface area contributed by atoms with Crippen LogP contribution >= 0.6 is 17.2 Å². The van der Waals surface area contributed by atoms with Crippen LogP contribution in [0.3, 0.4) is 0 Å². The van der Waals surface area contributed by atoms with Crippen molar-refractivity contribution in [3.05, 3.63) is 0 Å². The summed E-state index contributed by atoms with van der Waals surface area (Å²) in [6, 6.07) is 0. The topological polar surface area (TPSA) is 0 Å². The fourth-order valence-electron chi connectivity index (χ4n) is 0.553. The summed E-state index contributed by atoms with van der Waals surface area (Å²) in [5.74, 6) is 1.46. The Morgan fingerprint density at radius 2 is 1.67 bits per heavy atom. The molecule has 0 heterocycles. The third kappa shape index (κ3) is 5.87. The maximum atomic E-state index is 5.79. The molecule has 0 nitrogen and oxygen atoms in total. The summed E-state index contributed by atoms with van der Waals surface area (Å²) in [6.45, 7) is 6.65. The number of rotatable bonds is 3. The van der Waals surface area contributed by atoms with E-state index in [2.05, 4.69) is 20.8 Å². The van der Waals surface area contributed by atoms with Crippen LogP contribution in [0.4, 0.5) is 0 Å². The molecule has 0 aromatic carbocycles. The van der Waals surface area contributed by atoms with E-state index in [0.717, 1.165) is 16.0 Å². The molecule has 0 spiro atoms. The van der Waals surface area contributed by atoms with Gasteiger partial charge in [0.1, 0.15) is 0 Å². The van der Waals surface area contributed by atoms with Gasteiger partial charge in [-0.25, -0.2) is 0 Å². The summed E-state index contributed by atoms with van der Waals surface area (Å²) >= 11 is -1.93. The molecule has 0 aliphatic heterocycles. The Hall–Kier alpha value is 1.45. The van der Waals surface area contributed by atoms with E-state index in [4.69, 9.17) is 17.2 Å². The molecular weight excluding hydrogens is 258 g/mol. The van der Waals surface area contributed by atoms with Crippen molar-refractivity contribution in [2.24, 2.45) is 11.8 Å². The van der Waals surface area contributed by atoms with E-state index in [1.165, 1.54) is 0 Å². The van der Waals surface area contributed by atoms with Crippen molar-refractivity contribution in [1.29, 1.82) is 0 Å². The van der Waals surface area contributed by atoms with Crippen LogP contribution in [0.15, 0.2) is 0 Å². The third-order valence-corrected chi connectivity index (χ3v) is 7.22. The average molecular weight is 271 g/mol. The van der Waals surface area contributed by atoms with Crippen molar-refractivity contribution in [3.63, 3.8) is 0 Å². The first-order chi connectivity index (χ1) is 4.04. The van der Waals surface area contributed by atoms with E-state index in [-0.39, 0.29) is 0 Å². The molecule has 0 saturated carbocycles. The van der Waals surface area contributed by atoms with Crippen molar-refractivity contribution in [2.75, 3.05) is 0 Å². The van der Waals surface area contributed by atoms with Gasteiger partial charge in [0, 0.05) is 0 Å². The molecule has 0 bridgehead atoms. The van der Waals surface area contributed by atoms with E-state index in [1.807, 2.05) is 0 Å². The van der Waals surface area contributed by atoms with Gasteiger partial charge in [0.25, 0.3) is 0 Å². The molecular formula is C6H13Cl2In. The summed E-state index contributed by atoms with van der Waals surface area (Å²) in [5.41, 5.74) is 0. The van der Waals surface area contributed by atoms with Gasteiger partial charge < -0.3 is 0 Å². The van der Waals surface area contributed by atoms with Crippen LogP contribution in [0, 0.1) is 11.8 Å². The number of halogens is 2. The molecule has 0 aromatic rings. The van der Waals surface area contributed by atoms with E-state index in [0.29, 0.717) is 0 Å². The second-order valence-corrected chi connectivity index (χ2v) is 15.0. The Labute approximate surface area is 72.6 Å². The summed E-state index contributed by atoms with van der Waals surface area (Å²) < 4.78 is 1.11. The Kier molecular flexibility index (Phi) is 5.98. The normalized spacial score (nSPS) is 14.0. The van der Waals surface area contributed by atoms with Gasteiger partial charge in [-0.2, -0.15) is 0 Å². The van der Waals surface area contributed by atoms with Gasteiger partial charge in [0.05, 0.1) is 0 Å². The first-order valence-electron chi connectivity index (χ1n) is 3.32. The van der Waals surface area contributed by atoms with Gasteiger partial charge >= 0.3 is 73.0 Å². The first kappa shape index (κ1) is 10.5. The summed E-state index contributed by atoms with van der Waals surface area (Å²) in [4.78, 5) is 0. The molecule has 0 aliphatic carbocycles. The van der Waals surface area contributed by atoms with Gasteiger partial charge in [0.15, 0.2) is 0 Å². The summed E-state index contributed by atoms with van der Waals surface area (Å²) in [5, 5.41) is 0. The molecule has 1 unspecified atom stereocenters. The predicted molar refractivity (Wildman–Crippen MR) is 46.3 cm³/mol. The maximum absolute atomic E-state index is 5.79. The standard InChI is InChI=1S/C6H13.2ClH.In/c1-5(2)6(3)4;;;/h5-6H,1H2,2-4H3;2*1H;/q;;;+2/p-2. The number of hydrogen-bond donors (Lipinski definition) is 0. The molecule has 1 atom stereocenters. The van der Waals surface area contributed by atoms with Crippen molar-refractivity contribution >= 4 is 36.2 Å². The second-order valence-electron chi connectivity index (χ2n) is 2.85. The summed E-state index contributed by atoms with van der Waals surface area (Å²) in [6.07, 6.45) is 0. The molecule has 0 amide bonds. The zero-order valence-corrected chi connectivity index (χ0v) is 11.0. The van der Waals surface area contributed by atoms with Gasteiger partial charge in [-0.1, -0.05) is 0 Å². The van der Waals surface area contributed by atoms with Crippen LogP contribution < -0.4 is 0 Å². The van der Waals surface area contributed by atoms with Crippen molar-refractivity contribution < 1.29 is 0 Å². The minimum atomic E-state index is -1.93. The molecule has 0 radical (unpaired) electrons. The Morgan fingerprint density at radius 3 is 1.78 bits per heavy atom. The summed E-state index contributed by atoms with van der Waals surface area (Å²) in [7, 11) is 11.6. The van der Waals surface area contributed by atoms with Crippen LogP contribution in [0.2, 0.25) is 4.18 Å². The molecule has 0 N–H and O–H groups in total. The van der Waals surface area contributed by atoms with E-state index in [9.17, 15) is 0 Å². The van der Waals surface area contributed by atoms with Crippen LogP contribution in [0.25, 0.3) is 0 Å². The average Bonchev–Trinajstić information content (AvgIpc) is 1.63. The molecule has 0 aliphatic rings. The van der Waals surface area contributed by atoms with E-state index >= 15 is 0 Å². The Balaban J connectivity index is 3.38. The first-order valence-corrected chi connectivity index (χ1v) is 14.0. The molecule has 3 heteroatoms. The molecule has 9 heavy (non-hydrogen) atoms. The fraction of sp³-hybridized carbons (Fsp3) is 1.00. The van der Waals surface area contributed by atoms with Crippen molar-refractivity contribution in [3.8, 4) is 0 Å². The predicted octanol–water partition coefficient (Wildman–Crippen LogP) is 3.24. The van der Waals surface area contributed by atoms with Crippen LogP contribution in [-0.2, 0) is 0 Å². The van der Waals surface area contributed by atoms with Gasteiger partial charge in [-0.3, -0.25) is 0 Å². The monoisotopic (exact) mass is 270 g/mol. The van der Waals surface area contributed by atoms with Crippen molar-refractivity contribution in [1.82, 2.24) is 0 Å². The zero-order valence-electron chi connectivity index (χ0n) is 6.20. The van der Waals surface area contributed by atoms with E-state index < -0.39 is 19.1 Å². The Morgan fingerprint density at radius 1 is 1.22 bits per heavy atom. The molecule has 54 valence electrons. The zero-order chi connectivity index (χ0) is 7.44. The van der Waals surface area contributed by atoms with Gasteiger partial charge in [-0.15, -0.1) is 0 Å². The SMILES string of the molecule is CC(C)C(C)[CH2][In]([Cl])[Cl]. The van der Waals surface area contributed by atoms with Crippen LogP contribution in [-0.4, -0.2) is 19.1 Å². The quantitative estimate of drug-likeness (QED) is 0.739. The van der Waals surface area contributed by atoms with Gasteiger partial charge in [-0.05, 0) is 0 Å². The second kappa shape index (κ2) is 5.15. The van der Waals surface area contributed by atoms with E-state index in [1.54, 1.807) is 0 Å². The van der Waals surface area contributed by atoms with Gasteiger partial charge in [0.2, 0.25) is 0 Å². The fourth-order valence-corrected chi connectivity index (χ4v) is 7.48. The van der Waals surface area contributed by atoms with Crippen LogP contribution in [0.1, 0.15) is 20.8 Å². The van der Waals surface area contributed by atoms with Crippen molar-refractivity contribution in [2.45, 2.75) is 24.9 Å². The molecule has 0 aromatic heterocycles. The van der Waals surface area contributed by atoms with Crippen LogP contribution in [0.5, 0.6) is 0 Å². The Bertz CT molecular complexity index is 73.5. The molecule has 0 fully saturated rings. The molecule has 0 rings (SSSR count). The molecule has 0 saturated heterocycles.